The summed E-state index contributed by atoms with van der Waals surface area (Å²) < 4.78 is 5.37. The number of rotatable bonds is 7. The monoisotopic (exact) mass is 438 g/mol. The van der Waals surface area contributed by atoms with Crippen LogP contribution in [0.3, 0.4) is 0 Å². The smallest absolute Gasteiger partial charge is 0.273 e. The Balaban J connectivity index is 1.47. The Hall–Kier alpha value is -2.67. The molecule has 1 fully saturated rings. The van der Waals surface area contributed by atoms with Crippen LogP contribution < -0.4 is 5.32 Å². The van der Waals surface area contributed by atoms with Gasteiger partial charge in [-0.2, -0.15) is 0 Å². The highest BCUT2D eigenvalue weighted by atomic mass is 35.5. The number of aromatic nitrogens is 1. The minimum absolute atomic E-state index is 0.00264. The van der Waals surface area contributed by atoms with Crippen molar-refractivity contribution in [3.63, 3.8) is 0 Å². The highest BCUT2D eigenvalue weighted by Gasteiger charge is 2.27. The average molecular weight is 439 g/mol. The Kier molecular flexibility index (Phi) is 7.02. The standard InChI is InChI=1S/C24H27ClN4O2/c1-2-28-12-14-29(15-13-28)22(19-10-6-7-11-20(19)25)17-26-24(30)21-16-23(31-27-21)18-8-4-3-5-9-18/h3-11,16,22H,2,12-15,17H2,1H3,(H,26,30). The normalized spacial score (nSPS) is 16.2. The van der Waals surface area contributed by atoms with Crippen LogP contribution in [0.15, 0.2) is 65.2 Å². The van der Waals surface area contributed by atoms with Crippen molar-refractivity contribution in [2.45, 2.75) is 13.0 Å². The lowest BCUT2D eigenvalue weighted by molar-refractivity contribution is 0.0849. The van der Waals surface area contributed by atoms with Gasteiger partial charge in [-0.25, -0.2) is 0 Å². The predicted octanol–water partition coefficient (Wildman–Crippen LogP) is 4.10. The quantitative estimate of drug-likeness (QED) is 0.601. The number of hydrogen-bond donors (Lipinski definition) is 1. The molecule has 0 bridgehead atoms. The molecule has 4 rings (SSSR count). The summed E-state index contributed by atoms with van der Waals surface area (Å²) >= 11 is 6.52. The summed E-state index contributed by atoms with van der Waals surface area (Å²) in [5.41, 5.74) is 2.18. The van der Waals surface area contributed by atoms with Gasteiger partial charge in [-0.15, -0.1) is 0 Å². The highest BCUT2D eigenvalue weighted by molar-refractivity contribution is 6.31. The van der Waals surface area contributed by atoms with Gasteiger partial charge >= 0.3 is 0 Å². The minimum atomic E-state index is -0.254. The maximum absolute atomic E-state index is 12.8. The van der Waals surface area contributed by atoms with Crippen molar-refractivity contribution in [3.8, 4) is 11.3 Å². The number of amides is 1. The molecule has 6 nitrogen and oxygen atoms in total. The largest absolute Gasteiger partial charge is 0.355 e. The minimum Gasteiger partial charge on any atom is -0.355 e. The van der Waals surface area contributed by atoms with Crippen LogP contribution >= 0.6 is 11.6 Å². The number of piperazine rings is 1. The van der Waals surface area contributed by atoms with E-state index < -0.39 is 0 Å². The predicted molar refractivity (Wildman–Crippen MR) is 122 cm³/mol. The second kappa shape index (κ2) is 10.1. The van der Waals surface area contributed by atoms with E-state index in [2.05, 4.69) is 27.2 Å². The van der Waals surface area contributed by atoms with Gasteiger partial charge < -0.3 is 14.7 Å². The zero-order valence-corrected chi connectivity index (χ0v) is 18.4. The number of nitrogens with zero attached hydrogens (tertiary/aromatic N) is 3. The third kappa shape index (κ3) is 5.15. The molecule has 1 atom stereocenters. The van der Waals surface area contributed by atoms with Gasteiger partial charge in [0.1, 0.15) is 0 Å². The molecule has 0 spiro atoms. The Morgan fingerprint density at radius 1 is 1.10 bits per heavy atom. The Labute approximate surface area is 187 Å². The van der Waals surface area contributed by atoms with Gasteiger partial charge in [-0.05, 0) is 18.2 Å². The van der Waals surface area contributed by atoms with Gasteiger partial charge in [0.25, 0.3) is 5.91 Å². The molecule has 31 heavy (non-hydrogen) atoms. The average Bonchev–Trinajstić information content (AvgIpc) is 3.32. The Morgan fingerprint density at radius 3 is 2.52 bits per heavy atom. The first kappa shape index (κ1) is 21.6. The molecule has 1 aromatic heterocycles. The second-order valence-corrected chi connectivity index (χ2v) is 8.07. The fourth-order valence-corrected chi connectivity index (χ4v) is 4.23. The topological polar surface area (TPSA) is 61.6 Å². The van der Waals surface area contributed by atoms with Crippen LogP contribution in [-0.2, 0) is 0 Å². The van der Waals surface area contributed by atoms with Crippen LogP contribution in [0.5, 0.6) is 0 Å². The molecule has 1 saturated heterocycles. The number of carbonyl (C=O) groups is 1. The molecule has 162 valence electrons. The molecule has 0 aliphatic carbocycles. The number of nitrogens with one attached hydrogen (secondary N) is 1. The number of halogens is 1. The molecular formula is C24H27ClN4O2. The van der Waals surface area contributed by atoms with Crippen LogP contribution in [-0.4, -0.2) is 60.1 Å². The van der Waals surface area contributed by atoms with Gasteiger partial charge in [0.05, 0.1) is 6.04 Å². The van der Waals surface area contributed by atoms with Crippen LogP contribution in [0.2, 0.25) is 5.02 Å². The first-order valence-electron chi connectivity index (χ1n) is 10.7. The van der Waals surface area contributed by atoms with E-state index >= 15 is 0 Å². The molecule has 2 aromatic carbocycles. The van der Waals surface area contributed by atoms with E-state index in [1.54, 1.807) is 6.07 Å². The van der Waals surface area contributed by atoms with Crippen molar-refractivity contribution >= 4 is 17.5 Å². The van der Waals surface area contributed by atoms with Gasteiger partial charge in [0.15, 0.2) is 11.5 Å². The van der Waals surface area contributed by atoms with Crippen molar-refractivity contribution in [1.29, 1.82) is 0 Å². The zero-order valence-electron chi connectivity index (χ0n) is 17.6. The number of likely N-dealkylation sites (N-methyl/N-ethyl adjacent to an activating group) is 1. The summed E-state index contributed by atoms with van der Waals surface area (Å²) in [6.45, 7) is 7.57. The molecule has 3 aromatic rings. The lowest BCUT2D eigenvalue weighted by atomic mass is 10.0. The highest BCUT2D eigenvalue weighted by Crippen LogP contribution is 2.28. The molecule has 1 amide bonds. The number of carbonyl (C=O) groups excluding carboxylic acids is 1. The third-order valence-electron chi connectivity index (χ3n) is 5.82. The summed E-state index contributed by atoms with van der Waals surface area (Å²) in [5.74, 6) is 0.319. The van der Waals surface area contributed by atoms with E-state index in [1.807, 2.05) is 54.6 Å². The van der Waals surface area contributed by atoms with Crippen LogP contribution in [0, 0.1) is 0 Å². The van der Waals surface area contributed by atoms with Gasteiger partial charge in [0.2, 0.25) is 0 Å². The van der Waals surface area contributed by atoms with Crippen molar-refractivity contribution in [3.05, 3.63) is 76.9 Å². The molecule has 1 aliphatic heterocycles. The summed E-state index contributed by atoms with van der Waals surface area (Å²) in [7, 11) is 0. The fourth-order valence-electron chi connectivity index (χ4n) is 3.97. The molecule has 0 radical (unpaired) electrons. The van der Waals surface area contributed by atoms with Crippen molar-refractivity contribution in [2.24, 2.45) is 0 Å². The molecule has 2 heterocycles. The van der Waals surface area contributed by atoms with E-state index in [0.29, 0.717) is 17.3 Å². The maximum atomic E-state index is 12.8. The van der Waals surface area contributed by atoms with Gasteiger partial charge in [-0.1, -0.05) is 72.2 Å². The SMILES string of the molecule is CCN1CCN(C(CNC(=O)c2cc(-c3ccccc3)on2)c2ccccc2Cl)CC1. The lowest BCUT2D eigenvalue weighted by Gasteiger charge is -2.39. The number of hydrogen-bond acceptors (Lipinski definition) is 5. The first-order chi connectivity index (χ1) is 15.2. The lowest BCUT2D eigenvalue weighted by Crippen LogP contribution is -2.49. The fraction of sp³-hybridized carbons (Fsp3) is 0.333. The summed E-state index contributed by atoms with van der Waals surface area (Å²) in [6.07, 6.45) is 0. The number of benzene rings is 2. The van der Waals surface area contributed by atoms with E-state index in [1.165, 1.54) is 0 Å². The molecule has 0 saturated carbocycles. The van der Waals surface area contributed by atoms with Crippen LogP contribution in [0.25, 0.3) is 11.3 Å². The summed E-state index contributed by atoms with van der Waals surface area (Å²) in [6, 6.07) is 19.1. The van der Waals surface area contributed by atoms with E-state index in [9.17, 15) is 4.79 Å². The third-order valence-corrected chi connectivity index (χ3v) is 6.16. The van der Waals surface area contributed by atoms with Crippen molar-refractivity contribution < 1.29 is 9.32 Å². The van der Waals surface area contributed by atoms with Gasteiger partial charge in [0, 0.05) is 49.4 Å². The molecule has 7 heteroatoms. The van der Waals surface area contributed by atoms with E-state index in [4.69, 9.17) is 16.1 Å². The zero-order chi connectivity index (χ0) is 21.6. The van der Waals surface area contributed by atoms with Crippen molar-refractivity contribution in [1.82, 2.24) is 20.3 Å². The maximum Gasteiger partial charge on any atom is 0.273 e. The second-order valence-electron chi connectivity index (χ2n) is 7.66. The first-order valence-corrected chi connectivity index (χ1v) is 11.0. The van der Waals surface area contributed by atoms with Crippen LogP contribution in [0.1, 0.15) is 29.0 Å². The molecule has 1 aliphatic rings. The summed E-state index contributed by atoms with van der Waals surface area (Å²) in [4.78, 5) is 17.6. The van der Waals surface area contributed by atoms with E-state index in [0.717, 1.165) is 43.9 Å². The molecule has 1 N–H and O–H groups in total. The van der Waals surface area contributed by atoms with Crippen LogP contribution in [0.4, 0.5) is 0 Å². The molecular weight excluding hydrogens is 412 g/mol. The van der Waals surface area contributed by atoms with Gasteiger partial charge in [-0.3, -0.25) is 9.69 Å². The molecule has 1 unspecified atom stereocenters. The Bertz CT molecular complexity index is 1000. The van der Waals surface area contributed by atoms with Crippen molar-refractivity contribution in [2.75, 3.05) is 39.3 Å². The van der Waals surface area contributed by atoms with E-state index in [-0.39, 0.29) is 17.6 Å². The summed E-state index contributed by atoms with van der Waals surface area (Å²) in [5, 5.41) is 7.71. The Morgan fingerprint density at radius 2 is 1.81 bits per heavy atom.